The lowest BCUT2D eigenvalue weighted by Gasteiger charge is -2.20. The third kappa shape index (κ3) is 6.61. The van der Waals surface area contributed by atoms with Crippen LogP contribution in [0.4, 0.5) is 10.8 Å². The molecule has 1 aromatic heterocycles. The van der Waals surface area contributed by atoms with E-state index in [1.807, 2.05) is 24.3 Å². The Morgan fingerprint density at radius 3 is 2.52 bits per heavy atom. The minimum atomic E-state index is -0.375. The highest BCUT2D eigenvalue weighted by atomic mass is 35.5. The molecular weight excluding hydrogens is 388 g/mol. The summed E-state index contributed by atoms with van der Waals surface area (Å²) < 4.78 is 0. The van der Waals surface area contributed by atoms with E-state index in [4.69, 9.17) is 11.6 Å². The Kier molecular flexibility index (Phi) is 8.15. The van der Waals surface area contributed by atoms with Crippen LogP contribution in [0.1, 0.15) is 24.4 Å². The van der Waals surface area contributed by atoms with Crippen molar-refractivity contribution in [1.29, 1.82) is 0 Å². The third-order valence-corrected chi connectivity index (χ3v) is 4.65. The lowest BCUT2D eigenvalue weighted by atomic mass is 10.2. The molecule has 2 N–H and O–H groups in total. The van der Waals surface area contributed by atoms with Gasteiger partial charge in [-0.2, -0.15) is 5.10 Å². The summed E-state index contributed by atoms with van der Waals surface area (Å²) in [6.07, 6.45) is 1.60. The summed E-state index contributed by atoms with van der Waals surface area (Å²) in [5.74, 6) is -0.863. The molecule has 27 heavy (non-hydrogen) atoms. The number of aromatic nitrogens is 2. The molecule has 0 atom stereocenters. The molecule has 0 saturated heterocycles. The lowest BCUT2D eigenvalue weighted by Crippen LogP contribution is -2.21. The number of anilines is 2. The fourth-order valence-corrected chi connectivity index (χ4v) is 3.07. The van der Waals surface area contributed by atoms with Crippen LogP contribution < -0.4 is 15.6 Å². The molecule has 2 rings (SSSR count). The summed E-state index contributed by atoms with van der Waals surface area (Å²) in [7, 11) is 0. The van der Waals surface area contributed by atoms with Crippen molar-refractivity contribution in [3.05, 3.63) is 34.8 Å². The summed E-state index contributed by atoms with van der Waals surface area (Å²) >= 11 is 6.51. The Morgan fingerprint density at radius 2 is 1.89 bits per heavy atom. The van der Waals surface area contributed by atoms with Crippen LogP contribution in [0.5, 0.6) is 0 Å². The van der Waals surface area contributed by atoms with Crippen LogP contribution in [-0.2, 0) is 16.0 Å². The smallest absolute Gasteiger partial charge is 0.247 e. The van der Waals surface area contributed by atoms with E-state index in [1.54, 1.807) is 6.21 Å². The first-order valence-corrected chi connectivity index (χ1v) is 9.75. The number of nitrogens with zero attached hydrogens (tertiary/aromatic N) is 4. The largest absolute Gasteiger partial charge is 0.372 e. The van der Waals surface area contributed by atoms with Crippen molar-refractivity contribution in [3.8, 4) is 0 Å². The number of halogens is 1. The highest BCUT2D eigenvalue weighted by molar-refractivity contribution is 7.15. The topological polar surface area (TPSA) is 99.6 Å². The van der Waals surface area contributed by atoms with Gasteiger partial charge in [-0.05, 0) is 31.5 Å². The number of rotatable bonds is 9. The first kappa shape index (κ1) is 20.8. The molecule has 0 fully saturated rings. The van der Waals surface area contributed by atoms with Crippen molar-refractivity contribution in [3.63, 3.8) is 0 Å². The van der Waals surface area contributed by atoms with Crippen LogP contribution in [0.3, 0.4) is 0 Å². The Labute approximate surface area is 166 Å². The number of hydrogen-bond donors (Lipinski definition) is 2. The average Bonchev–Trinajstić information content (AvgIpc) is 3.10. The molecule has 1 aromatic carbocycles. The summed E-state index contributed by atoms with van der Waals surface area (Å²) in [4.78, 5) is 25.3. The summed E-state index contributed by atoms with van der Waals surface area (Å²) in [6, 6.07) is 7.93. The van der Waals surface area contributed by atoms with Crippen LogP contribution in [-0.4, -0.2) is 47.2 Å². The zero-order valence-electron chi connectivity index (χ0n) is 15.1. The number of amides is 2. The van der Waals surface area contributed by atoms with Gasteiger partial charge in [0.15, 0.2) is 0 Å². The van der Waals surface area contributed by atoms with Gasteiger partial charge in [-0.25, -0.2) is 5.43 Å². The Morgan fingerprint density at radius 1 is 1.19 bits per heavy atom. The molecule has 0 saturated carbocycles. The molecule has 8 nitrogen and oxygen atoms in total. The Hall–Kier alpha value is -2.52. The molecule has 0 unspecified atom stereocenters. The van der Waals surface area contributed by atoms with Crippen LogP contribution in [0.2, 0.25) is 0 Å². The minimum absolute atomic E-state index is 0.0205. The second-order valence-electron chi connectivity index (χ2n) is 5.42. The normalized spacial score (nSPS) is 10.8. The van der Waals surface area contributed by atoms with Gasteiger partial charge in [0.25, 0.3) is 0 Å². The zero-order chi connectivity index (χ0) is 19.6. The van der Waals surface area contributed by atoms with Gasteiger partial charge in [0, 0.05) is 18.8 Å². The second-order valence-corrected chi connectivity index (χ2v) is 6.75. The van der Waals surface area contributed by atoms with Crippen LogP contribution in [0.25, 0.3) is 0 Å². The van der Waals surface area contributed by atoms with E-state index in [0.29, 0.717) is 10.1 Å². The Balaban J connectivity index is 1.83. The van der Waals surface area contributed by atoms with Crippen LogP contribution in [0.15, 0.2) is 29.4 Å². The van der Waals surface area contributed by atoms with Crippen molar-refractivity contribution in [2.75, 3.05) is 29.2 Å². The third-order valence-electron chi connectivity index (χ3n) is 3.57. The molecule has 2 amide bonds. The van der Waals surface area contributed by atoms with E-state index in [1.165, 1.54) is 0 Å². The molecule has 0 aliphatic carbocycles. The predicted molar refractivity (Wildman–Crippen MR) is 109 cm³/mol. The van der Waals surface area contributed by atoms with E-state index in [0.717, 1.165) is 35.7 Å². The summed E-state index contributed by atoms with van der Waals surface area (Å²) in [5.41, 5.74) is 4.48. The van der Waals surface area contributed by atoms with Crippen LogP contribution in [0, 0.1) is 0 Å². The maximum Gasteiger partial charge on any atom is 0.247 e. The van der Waals surface area contributed by atoms with E-state index < -0.39 is 0 Å². The Bertz CT molecular complexity index is 789. The number of hydrazone groups is 1. The average molecular weight is 409 g/mol. The number of carbonyl (C=O) groups excluding carboxylic acids is 2. The van der Waals surface area contributed by atoms with E-state index in [-0.39, 0.29) is 24.1 Å². The van der Waals surface area contributed by atoms with Crippen molar-refractivity contribution in [2.24, 2.45) is 5.10 Å². The fraction of sp³-hybridized carbons (Fsp3) is 0.353. The number of alkyl halides is 1. The lowest BCUT2D eigenvalue weighted by molar-refractivity contribution is -0.120. The van der Waals surface area contributed by atoms with Crippen molar-refractivity contribution in [1.82, 2.24) is 15.6 Å². The molecule has 10 heteroatoms. The standard InChI is InChI=1S/C17H21ClN6O2S/c1-3-24(4-2)13-7-5-12(6-8-13)11-19-21-14(25)9-16-22-23-17(27-16)20-15(26)10-18/h5-8,11H,3-4,9-10H2,1-2H3,(H,21,25)(H,20,23,26). The minimum Gasteiger partial charge on any atom is -0.372 e. The van der Waals surface area contributed by atoms with Gasteiger partial charge in [0.05, 0.1) is 12.6 Å². The van der Waals surface area contributed by atoms with Gasteiger partial charge in [-0.15, -0.1) is 21.8 Å². The summed E-state index contributed by atoms with van der Waals surface area (Å²) in [5, 5.41) is 14.8. The molecule has 1 heterocycles. The van der Waals surface area contributed by atoms with Gasteiger partial charge in [0.1, 0.15) is 10.9 Å². The van der Waals surface area contributed by atoms with Crippen molar-refractivity contribution >= 4 is 51.8 Å². The molecule has 0 aliphatic rings. The zero-order valence-corrected chi connectivity index (χ0v) is 16.7. The number of nitrogens with one attached hydrogen (secondary N) is 2. The van der Waals surface area contributed by atoms with E-state index in [9.17, 15) is 9.59 Å². The van der Waals surface area contributed by atoms with Crippen LogP contribution >= 0.6 is 22.9 Å². The number of benzene rings is 1. The van der Waals surface area contributed by atoms with Gasteiger partial charge < -0.3 is 4.90 Å². The van der Waals surface area contributed by atoms with Gasteiger partial charge in [-0.3, -0.25) is 14.9 Å². The van der Waals surface area contributed by atoms with Gasteiger partial charge in [-0.1, -0.05) is 23.5 Å². The maximum atomic E-state index is 11.9. The molecule has 0 bridgehead atoms. The first-order chi connectivity index (χ1) is 13.0. The van der Waals surface area contributed by atoms with Crippen molar-refractivity contribution in [2.45, 2.75) is 20.3 Å². The molecule has 0 spiro atoms. The van der Waals surface area contributed by atoms with E-state index in [2.05, 4.69) is 44.8 Å². The van der Waals surface area contributed by atoms with Gasteiger partial charge >= 0.3 is 0 Å². The monoisotopic (exact) mass is 408 g/mol. The predicted octanol–water partition coefficient (Wildman–Crippen LogP) is 2.25. The highest BCUT2D eigenvalue weighted by Crippen LogP contribution is 2.16. The number of hydrogen-bond acceptors (Lipinski definition) is 7. The maximum absolute atomic E-state index is 11.9. The summed E-state index contributed by atoms with van der Waals surface area (Å²) in [6.45, 7) is 6.12. The van der Waals surface area contributed by atoms with Gasteiger partial charge in [0.2, 0.25) is 16.9 Å². The molecule has 0 radical (unpaired) electrons. The fourth-order valence-electron chi connectivity index (χ4n) is 2.24. The molecule has 2 aromatic rings. The van der Waals surface area contributed by atoms with E-state index >= 15 is 0 Å². The molecule has 0 aliphatic heterocycles. The van der Waals surface area contributed by atoms with Crippen molar-refractivity contribution < 1.29 is 9.59 Å². The molecular formula is C17H21ClN6O2S. The highest BCUT2D eigenvalue weighted by Gasteiger charge is 2.10. The number of carbonyl (C=O) groups is 2. The second kappa shape index (κ2) is 10.6. The SMILES string of the molecule is CCN(CC)c1ccc(C=NNC(=O)Cc2nnc(NC(=O)CCl)s2)cc1. The first-order valence-electron chi connectivity index (χ1n) is 8.40. The quantitative estimate of drug-likeness (QED) is 0.376. The molecule has 144 valence electrons.